The summed E-state index contributed by atoms with van der Waals surface area (Å²) in [6.07, 6.45) is 3.22. The Kier molecular flexibility index (Phi) is 10.3. The fourth-order valence-electron chi connectivity index (χ4n) is 3.12. The van der Waals surface area contributed by atoms with E-state index in [1.54, 1.807) is 22.9 Å². The maximum atomic E-state index is 11.8. The minimum Gasteiger partial charge on any atom is -0.503 e. The molecule has 0 saturated carbocycles. The molecule has 0 unspecified atom stereocenters. The lowest BCUT2D eigenvalue weighted by atomic mass is 10.3. The fraction of sp³-hybridized carbons (Fsp3) is 0.111. The van der Waals surface area contributed by atoms with E-state index in [0.717, 1.165) is 15.8 Å². The highest BCUT2D eigenvalue weighted by atomic mass is 79.9. The van der Waals surface area contributed by atoms with Crippen LogP contribution in [-0.2, 0) is 21.5 Å². The number of carbonyl (C=O) groups excluding carboxylic acids is 1. The molecule has 4 rings (SSSR count). The monoisotopic (exact) mass is 612 g/mol. The van der Waals surface area contributed by atoms with Gasteiger partial charge in [-0.3, -0.25) is 9.35 Å². The van der Waals surface area contributed by atoms with Crippen LogP contribution in [0.3, 0.4) is 0 Å². The average Bonchev–Trinajstić information content (AvgIpc) is 2.89. The molecular weight excluding hydrogens is 586 g/mol. The van der Waals surface area contributed by atoms with Crippen LogP contribution in [0, 0.1) is 0 Å². The Hall–Kier alpha value is -4.13. The summed E-state index contributed by atoms with van der Waals surface area (Å²) in [6, 6.07) is 23.6. The van der Waals surface area contributed by atoms with E-state index in [1.807, 2.05) is 67.5 Å². The number of aromatic hydroxyl groups is 1. The van der Waals surface area contributed by atoms with E-state index in [4.69, 9.17) is 4.55 Å². The second kappa shape index (κ2) is 13.6. The molecule has 1 heterocycles. The molecule has 0 spiro atoms. The molecule has 39 heavy (non-hydrogen) atoms. The highest BCUT2D eigenvalue weighted by Gasteiger charge is 2.10. The van der Waals surface area contributed by atoms with E-state index < -0.39 is 10.1 Å². The number of pyridine rings is 1. The standard InChI is InChI=1S/C14H15N3O3S.C13H11BrN2O2/c1-17(2)13-7-3-11(4-8-13)15-16-12-5-9-14(10-6-12)21(18,19)20;14-10-3-5-11(6-4-10)15-13(18)9-16-7-1-2-12(17)8-16/h3-10H,1-2H3,(H,18,19,20);1-8H,9H2,(H-,15,17,18)/p+1. The highest BCUT2D eigenvalue weighted by Crippen LogP contribution is 2.22. The first-order valence-corrected chi connectivity index (χ1v) is 13.7. The Morgan fingerprint density at radius 2 is 1.49 bits per heavy atom. The van der Waals surface area contributed by atoms with Crippen molar-refractivity contribution < 1.29 is 27.4 Å². The van der Waals surface area contributed by atoms with Crippen molar-refractivity contribution in [1.29, 1.82) is 0 Å². The second-order valence-corrected chi connectivity index (χ2v) is 10.7. The van der Waals surface area contributed by atoms with Gasteiger partial charge < -0.3 is 15.3 Å². The van der Waals surface area contributed by atoms with Crippen LogP contribution in [0.5, 0.6) is 5.75 Å². The maximum Gasteiger partial charge on any atom is 0.294 e. The van der Waals surface area contributed by atoms with E-state index in [9.17, 15) is 18.3 Å². The third kappa shape index (κ3) is 9.93. The Morgan fingerprint density at radius 1 is 0.923 bits per heavy atom. The molecule has 10 nitrogen and oxygen atoms in total. The van der Waals surface area contributed by atoms with Crippen molar-refractivity contribution in [3.05, 3.63) is 102 Å². The molecule has 0 aliphatic carbocycles. The number of hydrogen-bond acceptors (Lipinski definition) is 7. The third-order valence-corrected chi connectivity index (χ3v) is 6.47. The van der Waals surface area contributed by atoms with Crippen molar-refractivity contribution in [3.8, 4) is 5.75 Å². The topological polar surface area (TPSA) is 136 Å². The van der Waals surface area contributed by atoms with Gasteiger partial charge in [0.15, 0.2) is 11.9 Å². The number of halogens is 1. The summed E-state index contributed by atoms with van der Waals surface area (Å²) in [6.45, 7) is 0.157. The smallest absolute Gasteiger partial charge is 0.294 e. The Balaban J connectivity index is 0.000000218. The van der Waals surface area contributed by atoms with E-state index in [1.165, 1.54) is 30.5 Å². The van der Waals surface area contributed by atoms with Crippen LogP contribution < -0.4 is 14.8 Å². The summed E-state index contributed by atoms with van der Waals surface area (Å²) < 4.78 is 33.3. The minimum atomic E-state index is -4.18. The quantitative estimate of drug-likeness (QED) is 0.143. The zero-order valence-electron chi connectivity index (χ0n) is 21.1. The van der Waals surface area contributed by atoms with E-state index in [-0.39, 0.29) is 23.1 Å². The molecule has 0 radical (unpaired) electrons. The number of carbonyl (C=O) groups is 1. The maximum absolute atomic E-state index is 11.8. The van der Waals surface area contributed by atoms with Crippen LogP contribution in [0.15, 0.2) is 117 Å². The molecule has 0 saturated heterocycles. The lowest BCUT2D eigenvalue weighted by Crippen LogP contribution is -2.39. The molecule has 0 atom stereocenters. The van der Waals surface area contributed by atoms with Crippen molar-refractivity contribution in [1.82, 2.24) is 0 Å². The van der Waals surface area contributed by atoms with Gasteiger partial charge in [0.2, 0.25) is 12.7 Å². The predicted molar refractivity (Wildman–Crippen MR) is 152 cm³/mol. The number of amides is 1. The molecule has 3 N–H and O–H groups in total. The van der Waals surface area contributed by atoms with Gasteiger partial charge in [0.05, 0.1) is 16.3 Å². The van der Waals surface area contributed by atoms with Gasteiger partial charge in [0.1, 0.15) is 0 Å². The number of rotatable bonds is 7. The highest BCUT2D eigenvalue weighted by molar-refractivity contribution is 9.10. The molecular formula is C27H27BrN5O5S+. The average molecular weight is 614 g/mol. The Labute approximate surface area is 235 Å². The summed E-state index contributed by atoms with van der Waals surface area (Å²) in [4.78, 5) is 13.6. The summed E-state index contributed by atoms with van der Waals surface area (Å²) >= 11 is 3.33. The van der Waals surface area contributed by atoms with E-state index >= 15 is 0 Å². The van der Waals surface area contributed by atoms with Crippen LogP contribution in [0.2, 0.25) is 0 Å². The van der Waals surface area contributed by atoms with Crippen LogP contribution in [0.4, 0.5) is 22.7 Å². The lowest BCUT2D eigenvalue weighted by molar-refractivity contribution is -0.684. The number of aromatic nitrogens is 1. The van der Waals surface area contributed by atoms with Gasteiger partial charge in [0, 0.05) is 36.0 Å². The first-order chi connectivity index (χ1) is 18.5. The largest absolute Gasteiger partial charge is 0.503 e. The van der Waals surface area contributed by atoms with Crippen LogP contribution in [-0.4, -0.2) is 38.1 Å². The van der Waals surface area contributed by atoms with Crippen LogP contribution in [0.25, 0.3) is 0 Å². The second-order valence-electron chi connectivity index (χ2n) is 8.37. The zero-order valence-corrected chi connectivity index (χ0v) is 23.5. The van der Waals surface area contributed by atoms with Gasteiger partial charge >= 0.3 is 0 Å². The van der Waals surface area contributed by atoms with Crippen molar-refractivity contribution in [2.75, 3.05) is 24.3 Å². The summed E-state index contributed by atoms with van der Waals surface area (Å²) in [5.74, 6) is -0.0122. The molecule has 0 aliphatic rings. The predicted octanol–water partition coefficient (Wildman–Crippen LogP) is 5.50. The third-order valence-electron chi connectivity index (χ3n) is 5.08. The molecule has 0 fully saturated rings. The van der Waals surface area contributed by atoms with E-state index in [2.05, 4.69) is 31.5 Å². The van der Waals surface area contributed by atoms with Gasteiger partial charge in [-0.1, -0.05) is 15.9 Å². The molecule has 12 heteroatoms. The van der Waals surface area contributed by atoms with Gasteiger partial charge in [-0.25, -0.2) is 0 Å². The number of azo groups is 1. The van der Waals surface area contributed by atoms with Gasteiger partial charge in [-0.15, -0.1) is 0 Å². The van der Waals surface area contributed by atoms with E-state index in [0.29, 0.717) is 11.4 Å². The normalized spacial score (nSPS) is 11.0. The molecule has 1 aromatic heterocycles. The molecule has 1 amide bonds. The van der Waals surface area contributed by atoms with Crippen LogP contribution >= 0.6 is 15.9 Å². The Bertz CT molecular complexity index is 1530. The van der Waals surface area contributed by atoms with Gasteiger partial charge in [-0.2, -0.15) is 23.2 Å². The molecule has 202 valence electrons. The van der Waals surface area contributed by atoms with Crippen molar-refractivity contribution >= 4 is 54.7 Å². The van der Waals surface area contributed by atoms with Crippen molar-refractivity contribution in [3.63, 3.8) is 0 Å². The van der Waals surface area contributed by atoms with Crippen LogP contribution in [0.1, 0.15) is 0 Å². The molecule has 4 aromatic rings. The minimum absolute atomic E-state index is 0.133. The first-order valence-electron chi connectivity index (χ1n) is 11.5. The summed E-state index contributed by atoms with van der Waals surface area (Å²) in [5, 5.41) is 20.1. The molecule has 0 bridgehead atoms. The van der Waals surface area contributed by atoms with Gasteiger partial charge in [-0.05, 0) is 78.9 Å². The summed E-state index contributed by atoms with van der Waals surface area (Å²) in [5.41, 5.74) is 2.99. The summed E-state index contributed by atoms with van der Waals surface area (Å²) in [7, 11) is -0.273. The Morgan fingerprint density at radius 3 is 2.00 bits per heavy atom. The number of anilines is 2. The van der Waals surface area contributed by atoms with Crippen molar-refractivity contribution in [2.45, 2.75) is 11.4 Å². The molecule has 0 aliphatic heterocycles. The van der Waals surface area contributed by atoms with Crippen molar-refractivity contribution in [2.24, 2.45) is 10.2 Å². The zero-order chi connectivity index (χ0) is 28.4. The number of nitrogens with one attached hydrogen (secondary N) is 1. The SMILES string of the molecule is CN(C)c1ccc(N=Nc2ccc(S(=O)(=O)O)cc2)cc1.O=C(C[n+]1cccc(O)c1)Nc1ccc(Br)cc1. The number of hydrogen-bond donors (Lipinski definition) is 3. The number of benzene rings is 3. The molecule has 3 aromatic carbocycles. The number of nitrogens with zero attached hydrogens (tertiary/aromatic N) is 4. The first kappa shape index (κ1) is 29.4. The van der Waals surface area contributed by atoms with Gasteiger partial charge in [0.25, 0.3) is 16.0 Å². The fourth-order valence-corrected chi connectivity index (χ4v) is 3.87. The lowest BCUT2D eigenvalue weighted by Gasteiger charge is -2.11.